The van der Waals surface area contributed by atoms with Gasteiger partial charge in [0.25, 0.3) is 0 Å². The van der Waals surface area contributed by atoms with Crippen molar-refractivity contribution in [2.75, 3.05) is 13.7 Å². The first-order chi connectivity index (χ1) is 12.7. The highest BCUT2D eigenvalue weighted by atomic mass is 16.6. The molecule has 1 amide bonds. The number of alkyl carbamates (subject to hydrolysis) is 1. The number of carbonyl (C=O) groups is 2. The maximum absolute atomic E-state index is 12.4. The van der Waals surface area contributed by atoms with Gasteiger partial charge in [-0.3, -0.25) is 4.79 Å². The molecule has 0 radical (unpaired) electrons. The first-order valence-corrected chi connectivity index (χ1v) is 9.34. The molecule has 146 valence electrons. The van der Waals surface area contributed by atoms with Crippen LogP contribution in [0.15, 0.2) is 48.8 Å². The molecule has 27 heavy (non-hydrogen) atoms. The average molecular weight is 370 g/mol. The summed E-state index contributed by atoms with van der Waals surface area (Å²) in [7, 11) is 1.81. The van der Waals surface area contributed by atoms with Crippen LogP contribution in [0.5, 0.6) is 0 Å². The Morgan fingerprint density at radius 2 is 1.93 bits per heavy atom. The molecule has 1 atom stereocenters. The van der Waals surface area contributed by atoms with Crippen molar-refractivity contribution in [1.29, 1.82) is 0 Å². The van der Waals surface area contributed by atoms with Crippen LogP contribution in [-0.4, -0.2) is 36.0 Å². The largest absolute Gasteiger partial charge is 0.447 e. The molecule has 1 fully saturated rings. The third-order valence-corrected chi connectivity index (χ3v) is 5.08. The van der Waals surface area contributed by atoms with Crippen molar-refractivity contribution in [2.24, 2.45) is 0 Å². The number of likely N-dealkylation sites (N-methyl/N-ethyl adjacent to an activating group) is 1. The van der Waals surface area contributed by atoms with E-state index in [9.17, 15) is 9.59 Å². The number of benzene rings is 1. The number of allylic oxidation sites excluding steroid dienone is 2. The second kappa shape index (κ2) is 8.89. The summed E-state index contributed by atoms with van der Waals surface area (Å²) in [6, 6.07) is 8.39. The normalized spacial score (nSPS) is 18.6. The van der Waals surface area contributed by atoms with E-state index < -0.39 is 0 Å². The molecule has 0 saturated carbocycles. The summed E-state index contributed by atoms with van der Waals surface area (Å²) in [4.78, 5) is 25.4. The van der Waals surface area contributed by atoms with Gasteiger partial charge in [-0.05, 0) is 45.1 Å². The molecule has 1 saturated heterocycles. The van der Waals surface area contributed by atoms with Gasteiger partial charge in [0, 0.05) is 19.2 Å². The van der Waals surface area contributed by atoms with E-state index in [1.54, 1.807) is 4.90 Å². The molecule has 0 unspecified atom stereocenters. The van der Waals surface area contributed by atoms with Gasteiger partial charge in [-0.1, -0.05) is 43.0 Å². The fourth-order valence-electron chi connectivity index (χ4n) is 3.00. The molecule has 5 nitrogen and oxygen atoms in total. The Hall–Kier alpha value is -2.56. The highest BCUT2D eigenvalue weighted by molar-refractivity contribution is 5.94. The van der Waals surface area contributed by atoms with Crippen molar-refractivity contribution in [1.82, 2.24) is 10.2 Å². The fourth-order valence-corrected chi connectivity index (χ4v) is 3.00. The van der Waals surface area contributed by atoms with Crippen LogP contribution in [0.2, 0.25) is 0 Å². The first kappa shape index (κ1) is 20.7. The maximum atomic E-state index is 12.4. The minimum absolute atomic E-state index is 0.0366. The van der Waals surface area contributed by atoms with Gasteiger partial charge in [0.15, 0.2) is 5.78 Å². The highest BCUT2D eigenvalue weighted by Gasteiger charge is 2.34. The lowest BCUT2D eigenvalue weighted by Crippen LogP contribution is -2.40. The third kappa shape index (κ3) is 5.98. The monoisotopic (exact) mass is 370 g/mol. The van der Waals surface area contributed by atoms with Crippen molar-refractivity contribution in [3.8, 4) is 0 Å². The van der Waals surface area contributed by atoms with E-state index in [2.05, 4.69) is 49.7 Å². The van der Waals surface area contributed by atoms with Crippen molar-refractivity contribution in [2.45, 2.75) is 51.5 Å². The molecule has 0 bridgehead atoms. The number of ether oxygens (including phenoxy) is 1. The molecule has 1 aliphatic heterocycles. The second-order valence-electron chi connectivity index (χ2n) is 7.60. The lowest BCUT2D eigenvalue weighted by Gasteiger charge is -2.26. The molecule has 0 aliphatic carbocycles. The van der Waals surface area contributed by atoms with Crippen molar-refractivity contribution in [3.63, 3.8) is 0 Å². The number of rotatable bonds is 10. The third-order valence-electron chi connectivity index (χ3n) is 5.08. The zero-order valence-corrected chi connectivity index (χ0v) is 16.6. The number of nitrogens with zero attached hydrogens (tertiary/aromatic N) is 1. The average Bonchev–Trinajstić information content (AvgIpc) is 2.99. The lowest BCUT2D eigenvalue weighted by molar-refractivity contribution is -0.116. The Morgan fingerprint density at radius 1 is 1.26 bits per heavy atom. The Balaban J connectivity index is 1.75. The Kier molecular flexibility index (Phi) is 6.83. The topological polar surface area (TPSA) is 58.6 Å². The van der Waals surface area contributed by atoms with Crippen LogP contribution >= 0.6 is 0 Å². The molecule has 0 spiro atoms. The Morgan fingerprint density at radius 3 is 2.52 bits per heavy atom. The van der Waals surface area contributed by atoms with Gasteiger partial charge < -0.3 is 15.0 Å². The lowest BCUT2D eigenvalue weighted by atomic mass is 9.96. The van der Waals surface area contributed by atoms with Gasteiger partial charge >= 0.3 is 6.09 Å². The number of nitrogens with one attached hydrogen (secondary N) is 1. The number of ketones is 1. The van der Waals surface area contributed by atoms with Gasteiger partial charge in [0.1, 0.15) is 6.61 Å². The molecule has 5 heteroatoms. The van der Waals surface area contributed by atoms with E-state index in [0.29, 0.717) is 31.6 Å². The number of carbonyl (C=O) groups excluding carboxylic acids is 2. The van der Waals surface area contributed by atoms with Crippen LogP contribution in [-0.2, 0) is 16.0 Å². The Bertz CT molecular complexity index is 724. The summed E-state index contributed by atoms with van der Waals surface area (Å²) >= 11 is 0. The number of amides is 1. The highest BCUT2D eigenvalue weighted by Crippen LogP contribution is 2.23. The van der Waals surface area contributed by atoms with E-state index in [4.69, 9.17) is 4.74 Å². The molecule has 1 aliphatic rings. The minimum Gasteiger partial charge on any atom is -0.447 e. The molecule has 2 rings (SSSR count). The summed E-state index contributed by atoms with van der Waals surface area (Å²) in [5.41, 5.74) is 3.35. The van der Waals surface area contributed by atoms with Crippen LogP contribution in [0.1, 0.15) is 43.7 Å². The first-order valence-electron chi connectivity index (χ1n) is 9.34. The second-order valence-corrected chi connectivity index (χ2v) is 7.60. The van der Waals surface area contributed by atoms with E-state index in [1.165, 1.54) is 11.1 Å². The predicted octanol–water partition coefficient (Wildman–Crippen LogP) is 4.12. The van der Waals surface area contributed by atoms with Gasteiger partial charge in [-0.25, -0.2) is 4.79 Å². The Labute approximate surface area is 162 Å². The SMILES string of the molecule is C=C(CC[C@]1(C)COC(=O)N1)N(C)C(=C)C(=O)CCCc1ccc(C)cc1. The van der Waals surface area contributed by atoms with Gasteiger partial charge in [-0.15, -0.1) is 0 Å². The summed E-state index contributed by atoms with van der Waals surface area (Å²) < 4.78 is 4.97. The summed E-state index contributed by atoms with van der Waals surface area (Å²) in [5, 5.41) is 2.81. The summed E-state index contributed by atoms with van der Waals surface area (Å²) in [6.45, 7) is 12.4. The standard InChI is InChI=1S/C22H30N2O3/c1-16-9-11-19(12-10-16)7-6-8-20(25)18(3)24(5)17(2)13-14-22(4)15-27-21(26)23-22/h9-12H,2-3,6-8,13-15H2,1,4-5H3,(H,23,26)/t22-/m1/s1. The maximum Gasteiger partial charge on any atom is 0.407 e. The van der Waals surface area contributed by atoms with Gasteiger partial charge in [-0.2, -0.15) is 0 Å². The van der Waals surface area contributed by atoms with Crippen LogP contribution in [0.3, 0.4) is 0 Å². The van der Waals surface area contributed by atoms with Crippen molar-refractivity contribution >= 4 is 11.9 Å². The number of hydrogen-bond donors (Lipinski definition) is 1. The molecule has 0 aromatic heterocycles. The molecule has 1 aromatic carbocycles. The zero-order valence-electron chi connectivity index (χ0n) is 16.6. The number of aryl methyl sites for hydroxylation is 2. The van der Waals surface area contributed by atoms with E-state index in [1.807, 2.05) is 14.0 Å². The number of Topliss-reactive ketones (excluding diaryl/α,β-unsaturated/α-hetero) is 1. The molecule has 1 heterocycles. The van der Waals surface area contributed by atoms with Crippen LogP contribution in [0.25, 0.3) is 0 Å². The molecular formula is C22H30N2O3. The molecule has 1 N–H and O–H groups in total. The molecule has 1 aromatic rings. The predicted molar refractivity (Wildman–Crippen MR) is 107 cm³/mol. The quantitative estimate of drug-likeness (QED) is 0.629. The van der Waals surface area contributed by atoms with Gasteiger partial charge in [0.2, 0.25) is 0 Å². The van der Waals surface area contributed by atoms with Crippen LogP contribution < -0.4 is 5.32 Å². The summed E-state index contributed by atoms with van der Waals surface area (Å²) in [5.74, 6) is 0.0366. The smallest absolute Gasteiger partial charge is 0.407 e. The van der Waals surface area contributed by atoms with Crippen LogP contribution in [0.4, 0.5) is 4.79 Å². The van der Waals surface area contributed by atoms with E-state index in [0.717, 1.165) is 18.5 Å². The minimum atomic E-state index is -0.389. The summed E-state index contributed by atoms with van der Waals surface area (Å²) in [6.07, 6.45) is 3.09. The van der Waals surface area contributed by atoms with Gasteiger partial charge in [0.05, 0.1) is 11.2 Å². The number of hydrogen-bond acceptors (Lipinski definition) is 4. The van der Waals surface area contributed by atoms with E-state index in [-0.39, 0.29) is 17.4 Å². The van der Waals surface area contributed by atoms with Crippen LogP contribution in [0, 0.1) is 6.92 Å². The van der Waals surface area contributed by atoms with Crippen molar-refractivity contribution in [3.05, 3.63) is 59.9 Å². The number of cyclic esters (lactones) is 1. The molecular weight excluding hydrogens is 340 g/mol. The van der Waals surface area contributed by atoms with Crippen molar-refractivity contribution < 1.29 is 14.3 Å². The fraction of sp³-hybridized carbons (Fsp3) is 0.455. The zero-order chi connectivity index (χ0) is 20.0. The van der Waals surface area contributed by atoms with E-state index >= 15 is 0 Å².